The number of nitrogens with one attached hydrogen (secondary N) is 11. The first-order chi connectivity index (χ1) is 42.1. The molecule has 2 unspecified atom stereocenters. The van der Waals surface area contributed by atoms with Crippen molar-refractivity contribution in [1.29, 1.82) is 0 Å². The minimum absolute atomic E-state index is 0. The fourth-order valence-corrected chi connectivity index (χ4v) is 9.94. The largest absolute Gasteiger partial charge is 2.00 e. The number of hydrogen-bond acceptors (Lipinski definition) is 14. The van der Waals surface area contributed by atoms with Crippen molar-refractivity contribution in [3.63, 3.8) is 0 Å². The van der Waals surface area contributed by atoms with E-state index >= 15 is 0 Å². The molecule has 0 spiro atoms. The molecule has 10 amide bonds. The summed E-state index contributed by atoms with van der Waals surface area (Å²) < 4.78 is 0. The normalized spacial score (nSPS) is 14.6. The molecular formula is C62H92N12O15ReS-2. The summed E-state index contributed by atoms with van der Waals surface area (Å²) in [6.07, 6.45) is 3.65. The van der Waals surface area contributed by atoms with Crippen molar-refractivity contribution in [3.8, 4) is 0 Å². The van der Waals surface area contributed by atoms with E-state index in [0.717, 1.165) is 19.3 Å². The number of amides is 10. The molecule has 505 valence electrons. The monoisotopic (exact) mass is 1460 g/mol. The van der Waals surface area contributed by atoms with Crippen LogP contribution in [0.15, 0.2) is 60.8 Å². The quantitative estimate of drug-likeness (QED) is 0.0282. The van der Waals surface area contributed by atoms with E-state index in [1.165, 1.54) is 0 Å². The van der Waals surface area contributed by atoms with Crippen molar-refractivity contribution in [2.24, 2.45) is 17.3 Å². The van der Waals surface area contributed by atoms with E-state index in [0.29, 0.717) is 34.9 Å². The minimum Gasteiger partial charge on any atom is -2.00 e. The number of para-hydroxylation sites is 1. The van der Waals surface area contributed by atoms with Gasteiger partial charge in [0.2, 0.25) is 59.1 Å². The first-order valence-corrected chi connectivity index (χ1v) is 31.0. The number of nitrogens with zero attached hydrogens (tertiary/aromatic N) is 1. The second-order valence-corrected chi connectivity index (χ2v) is 24.7. The van der Waals surface area contributed by atoms with Crippen molar-refractivity contribution < 1.29 is 93.6 Å². The van der Waals surface area contributed by atoms with Crippen LogP contribution in [0.4, 0.5) is 0 Å². The summed E-state index contributed by atoms with van der Waals surface area (Å²) in [5, 5.41) is 46.6. The Balaban J connectivity index is 0.0000141. The molecule has 1 radical (unpaired) electrons. The van der Waals surface area contributed by atoms with Crippen LogP contribution in [0.25, 0.3) is 10.9 Å². The van der Waals surface area contributed by atoms with Crippen LogP contribution >= 0.6 is 12.6 Å². The molecule has 0 saturated heterocycles. The Kier molecular flexibility index (Phi) is 34.8. The molecule has 29 heteroatoms. The van der Waals surface area contributed by atoms with Crippen LogP contribution in [-0.4, -0.2) is 179 Å². The summed E-state index contributed by atoms with van der Waals surface area (Å²) in [5.74, 6) is -10.0. The van der Waals surface area contributed by atoms with Crippen molar-refractivity contribution in [2.75, 3.05) is 39.5 Å². The number of benzene rings is 2. The average Bonchev–Trinajstić information content (AvgIpc) is 1.92. The summed E-state index contributed by atoms with van der Waals surface area (Å²) in [4.78, 5) is 167. The smallest absolute Gasteiger partial charge is 0.322 e. The van der Waals surface area contributed by atoms with E-state index < -0.39 is 138 Å². The van der Waals surface area contributed by atoms with E-state index in [-0.39, 0.29) is 101 Å². The number of fused-ring (bicyclic) bond motifs is 1. The van der Waals surface area contributed by atoms with Crippen LogP contribution in [0, 0.1) is 17.3 Å². The summed E-state index contributed by atoms with van der Waals surface area (Å²) in [7, 11) is 3.40. The van der Waals surface area contributed by atoms with Crippen LogP contribution in [-0.2, 0) is 96.3 Å². The Hall–Kier alpha value is -7.45. The number of aromatic amines is 1. The second kappa shape index (κ2) is 39.7. The molecule has 1 heterocycles. The van der Waals surface area contributed by atoms with Gasteiger partial charge in [0.15, 0.2) is 0 Å². The number of carbonyl (C=O) groups excluding carboxylic acids is 10. The first kappa shape index (κ1) is 79.6. The van der Waals surface area contributed by atoms with Gasteiger partial charge in [-0.25, -0.2) is 0 Å². The third kappa shape index (κ3) is 28.3. The maximum atomic E-state index is 14.9. The first-order valence-electron chi connectivity index (χ1n) is 30.4. The fourth-order valence-electron chi connectivity index (χ4n) is 9.68. The number of carbonyl (C=O) groups is 12. The Labute approximate surface area is 550 Å². The van der Waals surface area contributed by atoms with E-state index in [1.54, 1.807) is 101 Å². The van der Waals surface area contributed by atoms with E-state index in [4.69, 9.17) is 0 Å². The predicted octanol–water partition coefficient (Wildman–Crippen LogP) is 1.25. The molecule has 1 saturated carbocycles. The van der Waals surface area contributed by atoms with Gasteiger partial charge in [-0.05, 0) is 94.0 Å². The van der Waals surface area contributed by atoms with Crippen molar-refractivity contribution >= 4 is 94.5 Å². The molecule has 1 fully saturated rings. The van der Waals surface area contributed by atoms with E-state index in [1.807, 2.05) is 20.8 Å². The molecule has 1 aliphatic rings. The van der Waals surface area contributed by atoms with Gasteiger partial charge in [0.05, 0.1) is 6.54 Å². The van der Waals surface area contributed by atoms with Crippen molar-refractivity contribution in [2.45, 2.75) is 173 Å². The number of carboxylic acids is 2. The van der Waals surface area contributed by atoms with Gasteiger partial charge in [0.25, 0.3) is 0 Å². The molecule has 0 bridgehead atoms. The topological polar surface area (TPSA) is 413 Å². The number of H-pyrrole nitrogens is 1. The standard InChI is InChI=1S/C62H92N12O14S.O.Re/c1-9-10-21-43(66-53(80)38-24-25-38)56(83)69-45(29-36(2)3)58(85)70-46(30-37-18-12-11-13-19-37)59(86)71-47(31-39-32-64-41-22-15-14-20-40(39)41)60(87)68-44(26-27-50(76)77)57(84)67-42(54(81)65-33-51(78)79)23-16-17-28-63-55(82)48(35-89)72-61(88)52(62(4,5)6)73-49(75)34-74(7)8;;/h11-15,18-20,22,32,36,38,42-48,52,64,89H,9-10,16-17,21,23-31,33-35H2,1-8H3,(H,63,82)(H,65,81)(H,66,80)(H,67,84)(H,68,87)(H,69,83)(H,70,85)(H,71,86)(H,72,88)(H,73,75)(H,76,77)(H,78,79);;/q;-2;/t42-,43-,44-,45-,46-,47-,48?,52?;;/m0../s1. The molecular weight excluding hydrogens is 1370 g/mol. The molecule has 91 heavy (non-hydrogen) atoms. The van der Waals surface area contributed by atoms with E-state index in [9.17, 15) is 67.7 Å². The minimum atomic E-state index is -1.67. The molecule has 0 aliphatic heterocycles. The number of unbranched alkanes of at least 4 members (excludes halogenated alkanes) is 2. The molecule has 27 nitrogen and oxygen atoms in total. The number of aliphatic carboxylic acids is 2. The van der Waals surface area contributed by atoms with Crippen LogP contribution in [0.2, 0.25) is 0 Å². The number of carboxylic acid groups (broad SMARTS) is 2. The Morgan fingerprint density at radius 2 is 1.12 bits per heavy atom. The summed E-state index contributed by atoms with van der Waals surface area (Å²) in [5.41, 5.74) is 1.12. The molecule has 3 aromatic rings. The van der Waals surface area contributed by atoms with Crippen molar-refractivity contribution in [1.82, 2.24) is 63.1 Å². The molecule has 8 atom stereocenters. The Bertz CT molecular complexity index is 2920. The maximum absolute atomic E-state index is 14.9. The van der Waals surface area contributed by atoms with Gasteiger partial charge in [-0.1, -0.05) is 103 Å². The SMILES string of the molecule is CCCC[C@H](NC(=O)C1CC1)C(=O)N[C@@H](CC(C)C)C(=O)N[C@@H](Cc1ccccc1)C(=O)N[C@@H](Cc1c[nH]c2ccccc12)C(=O)N[C@@H](CCC(=O)O)C(=O)N[C@@H](CCCCNC(=O)C(CS)NC(=O)C(NC(=O)CN(C)C)C(C)(C)C)C(=O)NCC(=O)O.[O-2].[Re]. The maximum Gasteiger partial charge on any atom is 0.322 e. The molecule has 2 aromatic carbocycles. The number of likely N-dealkylation sites (N-methyl/N-ethyl adjacent to an activating group) is 1. The van der Waals surface area contributed by atoms with Crippen LogP contribution < -0.4 is 53.2 Å². The van der Waals surface area contributed by atoms with Gasteiger partial charge in [-0.3, -0.25) is 57.5 Å². The summed E-state index contributed by atoms with van der Waals surface area (Å²) in [6, 6.07) is 5.65. The van der Waals surface area contributed by atoms with Gasteiger partial charge in [-0.2, -0.15) is 12.6 Å². The molecule has 4 rings (SSSR count). The van der Waals surface area contributed by atoms with Gasteiger partial charge in [-0.15, -0.1) is 0 Å². The van der Waals surface area contributed by atoms with Crippen LogP contribution in [0.5, 0.6) is 0 Å². The zero-order valence-corrected chi connectivity index (χ0v) is 56.7. The zero-order valence-electron chi connectivity index (χ0n) is 53.0. The molecule has 1 aromatic heterocycles. The Morgan fingerprint density at radius 3 is 1.68 bits per heavy atom. The van der Waals surface area contributed by atoms with Gasteiger partial charge in [0, 0.05) is 75.0 Å². The third-order valence-electron chi connectivity index (χ3n) is 14.7. The van der Waals surface area contributed by atoms with Gasteiger partial charge < -0.3 is 78.7 Å². The second-order valence-electron chi connectivity index (χ2n) is 24.3. The number of rotatable bonds is 39. The third-order valence-corrected chi connectivity index (χ3v) is 15.0. The van der Waals surface area contributed by atoms with Crippen molar-refractivity contribution in [3.05, 3.63) is 71.9 Å². The van der Waals surface area contributed by atoms with Crippen LogP contribution in [0.1, 0.15) is 123 Å². The average molecular weight is 1460 g/mol. The van der Waals surface area contributed by atoms with Gasteiger partial charge >= 0.3 is 11.9 Å². The van der Waals surface area contributed by atoms with Gasteiger partial charge in [0.1, 0.15) is 54.9 Å². The fraction of sp³-hybridized carbons (Fsp3) is 0.581. The molecule has 1 aliphatic carbocycles. The zero-order chi connectivity index (χ0) is 66.0. The number of aromatic nitrogens is 1. The van der Waals surface area contributed by atoms with E-state index in [2.05, 4.69) is 70.8 Å². The summed E-state index contributed by atoms with van der Waals surface area (Å²) >= 11 is 4.26. The number of thiol groups is 1. The Morgan fingerprint density at radius 1 is 0.604 bits per heavy atom. The number of hydrogen-bond donors (Lipinski definition) is 14. The predicted molar refractivity (Wildman–Crippen MR) is 336 cm³/mol. The molecule has 13 N–H and O–H groups in total. The summed E-state index contributed by atoms with van der Waals surface area (Å²) in [6.45, 7) is 10.1. The van der Waals surface area contributed by atoms with Crippen LogP contribution in [0.3, 0.4) is 0 Å².